The second-order valence-corrected chi connectivity index (χ2v) is 1.95. The van der Waals surface area contributed by atoms with Gasteiger partial charge < -0.3 is 9.37 Å². The minimum absolute atomic E-state index is 0.323. The first kappa shape index (κ1) is 6.81. The molecule has 0 aliphatic rings. The van der Waals surface area contributed by atoms with Crippen LogP contribution in [0.3, 0.4) is 0 Å². The molecular formula is C7H8N2O. The van der Waals surface area contributed by atoms with Gasteiger partial charge in [-0.2, -0.15) is 0 Å². The lowest BCUT2D eigenvalue weighted by molar-refractivity contribution is 0.382. The molecule has 0 aromatic carbocycles. The van der Waals surface area contributed by atoms with Crippen molar-refractivity contribution in [3.63, 3.8) is 0 Å². The van der Waals surface area contributed by atoms with Crippen molar-refractivity contribution in [2.24, 2.45) is 0 Å². The van der Waals surface area contributed by atoms with Gasteiger partial charge in [0.2, 0.25) is 0 Å². The van der Waals surface area contributed by atoms with Crippen molar-refractivity contribution in [1.82, 2.24) is 5.16 Å². The van der Waals surface area contributed by atoms with E-state index < -0.39 is 0 Å². The first-order valence-electron chi connectivity index (χ1n) is 3.14. The number of rotatable bonds is 2. The predicted octanol–water partition coefficient (Wildman–Crippen LogP) is 1.66. The molecule has 3 nitrogen and oxygen atoms in total. The normalized spacial score (nSPS) is 9.20. The molecule has 0 spiro atoms. The number of aryl methyl sites for hydroxylation is 1. The summed E-state index contributed by atoms with van der Waals surface area (Å²) in [5.41, 5.74) is 0.729. The largest absolute Gasteiger partial charge is 0.361 e. The van der Waals surface area contributed by atoms with Crippen molar-refractivity contribution in [3.8, 4) is 0 Å². The van der Waals surface area contributed by atoms with Crippen LogP contribution >= 0.6 is 0 Å². The fourth-order valence-corrected chi connectivity index (χ4v) is 0.678. The molecule has 0 saturated heterocycles. The van der Waals surface area contributed by atoms with Crippen LogP contribution in [-0.4, -0.2) is 5.16 Å². The van der Waals surface area contributed by atoms with Crippen molar-refractivity contribution in [1.29, 1.82) is 0 Å². The van der Waals surface area contributed by atoms with Gasteiger partial charge >= 0.3 is 0 Å². The third kappa shape index (κ3) is 1.35. The third-order valence-corrected chi connectivity index (χ3v) is 1.20. The van der Waals surface area contributed by atoms with Gasteiger partial charge in [0.25, 0.3) is 6.54 Å². The zero-order valence-corrected chi connectivity index (χ0v) is 5.79. The Kier molecular flexibility index (Phi) is 2.06. The Morgan fingerprint density at radius 3 is 3.10 bits per heavy atom. The maximum absolute atomic E-state index is 6.55. The van der Waals surface area contributed by atoms with Crippen LogP contribution in [0.2, 0.25) is 0 Å². The molecule has 52 valence electrons. The molecule has 0 unspecified atom stereocenters. The topological polar surface area (TPSA) is 30.4 Å². The highest BCUT2D eigenvalue weighted by molar-refractivity contribution is 5.06. The molecular weight excluding hydrogens is 128 g/mol. The number of aromatic nitrogens is 1. The van der Waals surface area contributed by atoms with Gasteiger partial charge in [0.05, 0.1) is 0 Å². The summed E-state index contributed by atoms with van der Waals surface area (Å²) in [4.78, 5) is 3.18. The Morgan fingerprint density at radius 2 is 2.60 bits per heavy atom. The quantitative estimate of drug-likeness (QED) is 0.579. The first-order valence-corrected chi connectivity index (χ1v) is 3.14. The molecule has 3 heteroatoms. The summed E-state index contributed by atoms with van der Waals surface area (Å²) in [5, 5.41) is 3.69. The van der Waals surface area contributed by atoms with Crippen LogP contribution in [0.25, 0.3) is 4.85 Å². The van der Waals surface area contributed by atoms with Gasteiger partial charge in [0.15, 0.2) is 5.69 Å². The molecule has 0 saturated carbocycles. The summed E-state index contributed by atoms with van der Waals surface area (Å²) in [6.07, 6.45) is 0.838. The molecule has 0 aliphatic carbocycles. The maximum atomic E-state index is 6.55. The smallest absolute Gasteiger partial charge is 0.259 e. The van der Waals surface area contributed by atoms with E-state index in [1.54, 1.807) is 0 Å². The zero-order valence-electron chi connectivity index (χ0n) is 5.79. The molecule has 0 fully saturated rings. The molecule has 0 N–H and O–H groups in total. The van der Waals surface area contributed by atoms with Crippen LogP contribution in [0.5, 0.6) is 0 Å². The van der Waals surface area contributed by atoms with Crippen molar-refractivity contribution in [2.45, 2.75) is 19.9 Å². The number of hydrogen-bond acceptors (Lipinski definition) is 2. The second kappa shape index (κ2) is 3.02. The van der Waals surface area contributed by atoms with Crippen LogP contribution < -0.4 is 0 Å². The Bertz CT molecular complexity index is 246. The Balaban J connectivity index is 2.70. The minimum Gasteiger partial charge on any atom is -0.361 e. The lowest BCUT2D eigenvalue weighted by Gasteiger charge is -1.76. The summed E-state index contributed by atoms with van der Waals surface area (Å²) in [6, 6.07) is 1.82. The van der Waals surface area contributed by atoms with E-state index in [1.807, 2.05) is 13.0 Å². The van der Waals surface area contributed by atoms with E-state index in [0.717, 1.165) is 17.9 Å². The van der Waals surface area contributed by atoms with E-state index in [1.165, 1.54) is 0 Å². The Hall–Kier alpha value is -1.30. The number of nitrogens with zero attached hydrogens (tertiary/aromatic N) is 2. The average molecular weight is 136 g/mol. The monoisotopic (exact) mass is 136 g/mol. The molecule has 1 rings (SSSR count). The summed E-state index contributed by atoms with van der Waals surface area (Å²) >= 11 is 0. The minimum atomic E-state index is 0.323. The van der Waals surface area contributed by atoms with Gasteiger partial charge in [-0.15, -0.1) is 0 Å². The van der Waals surface area contributed by atoms with Gasteiger partial charge in [0.1, 0.15) is 5.76 Å². The maximum Gasteiger partial charge on any atom is 0.259 e. The Labute approximate surface area is 59.5 Å². The lowest BCUT2D eigenvalue weighted by atomic mass is 10.3. The molecule has 1 aromatic heterocycles. The second-order valence-electron chi connectivity index (χ2n) is 1.95. The molecule has 0 bridgehead atoms. The average Bonchev–Trinajstić information content (AvgIpc) is 2.37. The summed E-state index contributed by atoms with van der Waals surface area (Å²) in [5.74, 6) is 0.846. The molecule has 1 heterocycles. The van der Waals surface area contributed by atoms with E-state index >= 15 is 0 Å². The van der Waals surface area contributed by atoms with Crippen molar-refractivity contribution in [2.75, 3.05) is 0 Å². The molecule has 10 heavy (non-hydrogen) atoms. The molecule has 0 atom stereocenters. The van der Waals surface area contributed by atoms with E-state index in [-0.39, 0.29) is 0 Å². The molecule has 0 amide bonds. The van der Waals surface area contributed by atoms with Gasteiger partial charge in [-0.05, 0) is 0 Å². The fourth-order valence-electron chi connectivity index (χ4n) is 0.678. The van der Waals surface area contributed by atoms with Gasteiger partial charge in [-0.1, -0.05) is 12.1 Å². The van der Waals surface area contributed by atoms with Crippen LogP contribution in [0, 0.1) is 6.57 Å². The van der Waals surface area contributed by atoms with E-state index in [2.05, 4.69) is 10.0 Å². The predicted molar refractivity (Wildman–Crippen MR) is 36.2 cm³/mol. The molecule has 1 aromatic rings. The highest BCUT2D eigenvalue weighted by atomic mass is 16.5. The van der Waals surface area contributed by atoms with E-state index in [9.17, 15) is 0 Å². The first-order chi connectivity index (χ1) is 4.86. The standard InChI is InChI=1S/C7H8N2O/c1-3-7-4-6(5-8-2)9-10-7/h4H,3,5H2,1H3. The summed E-state index contributed by atoms with van der Waals surface area (Å²) in [7, 11) is 0. The van der Waals surface area contributed by atoms with Gasteiger partial charge in [-0.3, -0.25) is 0 Å². The summed E-state index contributed by atoms with van der Waals surface area (Å²) < 4.78 is 4.87. The number of hydrogen-bond donors (Lipinski definition) is 0. The highest BCUT2D eigenvalue weighted by Crippen LogP contribution is 2.04. The van der Waals surface area contributed by atoms with Crippen LogP contribution in [0.4, 0.5) is 0 Å². The Morgan fingerprint density at radius 1 is 1.80 bits per heavy atom. The molecule has 0 aliphatic heterocycles. The van der Waals surface area contributed by atoms with Crippen LogP contribution in [-0.2, 0) is 13.0 Å². The zero-order chi connectivity index (χ0) is 7.40. The van der Waals surface area contributed by atoms with Crippen molar-refractivity contribution >= 4 is 0 Å². The van der Waals surface area contributed by atoms with Gasteiger partial charge in [0, 0.05) is 12.5 Å². The SMILES string of the molecule is [C-]#[N+]Cc1cc(CC)on1. The summed E-state index contributed by atoms with van der Waals surface area (Å²) in [6.45, 7) is 8.86. The van der Waals surface area contributed by atoms with E-state index in [4.69, 9.17) is 11.1 Å². The lowest BCUT2D eigenvalue weighted by Crippen LogP contribution is -1.74. The fraction of sp³-hybridized carbons (Fsp3) is 0.429. The highest BCUT2D eigenvalue weighted by Gasteiger charge is 2.02. The van der Waals surface area contributed by atoms with Crippen LogP contribution in [0.1, 0.15) is 18.4 Å². The van der Waals surface area contributed by atoms with E-state index in [0.29, 0.717) is 6.54 Å². The third-order valence-electron chi connectivity index (χ3n) is 1.20. The van der Waals surface area contributed by atoms with Crippen molar-refractivity contribution < 1.29 is 4.52 Å². The van der Waals surface area contributed by atoms with Crippen molar-refractivity contribution in [3.05, 3.63) is 28.9 Å². The molecule has 0 radical (unpaired) electrons. The van der Waals surface area contributed by atoms with Crippen LogP contribution in [0.15, 0.2) is 10.6 Å². The van der Waals surface area contributed by atoms with Gasteiger partial charge in [-0.25, -0.2) is 6.57 Å².